The molecule has 0 fully saturated rings. The van der Waals surface area contributed by atoms with Crippen LogP contribution in [0.5, 0.6) is 5.88 Å². The average Bonchev–Trinajstić information content (AvgIpc) is 2.56. The Bertz CT molecular complexity index is 837. The van der Waals surface area contributed by atoms with Gasteiger partial charge in [-0.25, -0.2) is 19.7 Å². The van der Waals surface area contributed by atoms with Crippen molar-refractivity contribution in [1.82, 2.24) is 9.97 Å². The van der Waals surface area contributed by atoms with Crippen LogP contribution in [-0.2, 0) is 0 Å². The van der Waals surface area contributed by atoms with Crippen molar-refractivity contribution in [1.29, 1.82) is 0 Å². The predicted molar refractivity (Wildman–Crippen MR) is 87.3 cm³/mol. The van der Waals surface area contributed by atoms with Crippen molar-refractivity contribution in [2.24, 2.45) is 0 Å². The second-order valence-electron chi connectivity index (χ2n) is 4.73. The highest BCUT2D eigenvalue weighted by atomic mass is 16.5. The molecule has 0 saturated carbocycles. The van der Waals surface area contributed by atoms with Crippen LogP contribution in [-0.4, -0.2) is 27.8 Å². The average molecular weight is 309 g/mol. The van der Waals surface area contributed by atoms with Gasteiger partial charge in [0.25, 0.3) is 5.88 Å². The van der Waals surface area contributed by atoms with Gasteiger partial charge >= 0.3 is 6.09 Å². The molecule has 6 nitrogen and oxygen atoms in total. The maximum atomic E-state index is 11.8. The van der Waals surface area contributed by atoms with Gasteiger partial charge in [0.05, 0.1) is 23.3 Å². The molecule has 1 aromatic heterocycles. The summed E-state index contributed by atoms with van der Waals surface area (Å²) in [4.78, 5) is 21.7. The van der Waals surface area contributed by atoms with Gasteiger partial charge in [0, 0.05) is 0 Å². The summed E-state index contributed by atoms with van der Waals surface area (Å²) in [5.41, 5.74) is 1.73. The molecule has 3 aromatic rings. The van der Waals surface area contributed by atoms with E-state index in [1.54, 1.807) is 30.3 Å². The number of amides is 1. The summed E-state index contributed by atoms with van der Waals surface area (Å²) in [7, 11) is 0. The van der Waals surface area contributed by atoms with Gasteiger partial charge in [0.2, 0.25) is 5.82 Å². The number of carbonyl (C=O) groups is 1. The summed E-state index contributed by atoms with van der Waals surface area (Å²) in [6.45, 7) is 2.18. The fourth-order valence-corrected chi connectivity index (χ4v) is 2.25. The highest BCUT2D eigenvalue weighted by Crippen LogP contribution is 2.32. The van der Waals surface area contributed by atoms with Crippen LogP contribution >= 0.6 is 0 Å². The van der Waals surface area contributed by atoms with Crippen molar-refractivity contribution in [3.63, 3.8) is 0 Å². The summed E-state index contributed by atoms with van der Waals surface area (Å²) < 4.78 is 5.52. The largest absolute Gasteiger partial charge is 0.475 e. The van der Waals surface area contributed by atoms with Crippen molar-refractivity contribution in [2.75, 3.05) is 11.5 Å². The third-order valence-corrected chi connectivity index (χ3v) is 3.22. The minimum atomic E-state index is -1.15. The minimum Gasteiger partial charge on any atom is -0.475 e. The smallest absolute Gasteiger partial charge is 0.417 e. The molecule has 0 unspecified atom stereocenters. The van der Waals surface area contributed by atoms with Crippen molar-refractivity contribution >= 4 is 28.6 Å². The number of benzene rings is 2. The quantitative estimate of drug-likeness (QED) is 0.792. The first-order chi connectivity index (χ1) is 11.2. The Kier molecular flexibility index (Phi) is 4.05. The van der Waals surface area contributed by atoms with Gasteiger partial charge in [0.1, 0.15) is 0 Å². The normalized spacial score (nSPS) is 10.5. The molecular weight excluding hydrogens is 294 g/mol. The second-order valence-corrected chi connectivity index (χ2v) is 4.73. The Hall–Kier alpha value is -3.15. The predicted octanol–water partition coefficient (Wildman–Crippen LogP) is 3.84. The lowest BCUT2D eigenvalue weighted by atomic mass is 10.3. The minimum absolute atomic E-state index is 0.157. The number of para-hydroxylation sites is 3. The van der Waals surface area contributed by atoms with Crippen molar-refractivity contribution < 1.29 is 14.6 Å². The van der Waals surface area contributed by atoms with Crippen LogP contribution < -0.4 is 9.64 Å². The summed E-state index contributed by atoms with van der Waals surface area (Å²) in [5, 5.41) is 9.65. The molecule has 0 aliphatic heterocycles. The summed E-state index contributed by atoms with van der Waals surface area (Å²) in [6.07, 6.45) is -1.15. The Labute approximate surface area is 133 Å². The first-order valence-electron chi connectivity index (χ1n) is 7.18. The number of ether oxygens (including phenoxy) is 1. The monoisotopic (exact) mass is 309 g/mol. The molecule has 1 N–H and O–H groups in total. The van der Waals surface area contributed by atoms with E-state index in [1.807, 2.05) is 31.2 Å². The van der Waals surface area contributed by atoms with Crippen molar-refractivity contribution in [2.45, 2.75) is 6.92 Å². The van der Waals surface area contributed by atoms with E-state index < -0.39 is 6.09 Å². The van der Waals surface area contributed by atoms with E-state index >= 15 is 0 Å². The standard InChI is InChI=1S/C17H15N3O3/c1-2-23-16-15(18-13-10-6-7-11-14(13)19-16)20(17(21)22)12-8-4-3-5-9-12/h3-11H,2H2,1H3,(H,21,22). The van der Waals surface area contributed by atoms with Gasteiger partial charge in [-0.3, -0.25) is 0 Å². The van der Waals surface area contributed by atoms with E-state index in [4.69, 9.17) is 4.74 Å². The second kappa shape index (κ2) is 6.31. The van der Waals surface area contributed by atoms with Crippen LogP contribution in [0.1, 0.15) is 6.92 Å². The number of hydrogen-bond acceptors (Lipinski definition) is 4. The van der Waals surface area contributed by atoms with Gasteiger partial charge in [0.15, 0.2) is 0 Å². The van der Waals surface area contributed by atoms with E-state index in [9.17, 15) is 9.90 Å². The van der Waals surface area contributed by atoms with Gasteiger partial charge in [-0.05, 0) is 31.2 Å². The number of anilines is 2. The summed E-state index contributed by atoms with van der Waals surface area (Å²) in [5.74, 6) is 0.349. The van der Waals surface area contributed by atoms with E-state index in [0.29, 0.717) is 23.3 Å². The van der Waals surface area contributed by atoms with Crippen LogP contribution in [0.2, 0.25) is 0 Å². The number of hydrogen-bond donors (Lipinski definition) is 1. The maximum Gasteiger partial charge on any atom is 0.417 e. The molecule has 0 radical (unpaired) electrons. The molecule has 6 heteroatoms. The Morgan fingerprint density at radius 1 is 1.04 bits per heavy atom. The molecule has 23 heavy (non-hydrogen) atoms. The third kappa shape index (κ3) is 2.91. The van der Waals surface area contributed by atoms with Crippen LogP contribution in [0.25, 0.3) is 11.0 Å². The molecule has 1 heterocycles. The number of carboxylic acid groups (broad SMARTS) is 1. The molecule has 0 aliphatic rings. The molecule has 0 bridgehead atoms. The molecule has 0 aliphatic carbocycles. The van der Waals surface area contributed by atoms with E-state index in [1.165, 1.54) is 0 Å². The fourth-order valence-electron chi connectivity index (χ4n) is 2.25. The van der Waals surface area contributed by atoms with E-state index in [2.05, 4.69) is 9.97 Å². The summed E-state index contributed by atoms with van der Waals surface area (Å²) in [6, 6.07) is 16.0. The highest BCUT2D eigenvalue weighted by Gasteiger charge is 2.24. The van der Waals surface area contributed by atoms with Gasteiger partial charge in [-0.15, -0.1) is 0 Å². The maximum absolute atomic E-state index is 11.8. The zero-order valence-electron chi connectivity index (χ0n) is 12.5. The lowest BCUT2D eigenvalue weighted by molar-refractivity contribution is 0.204. The van der Waals surface area contributed by atoms with E-state index in [0.717, 1.165) is 4.90 Å². The third-order valence-electron chi connectivity index (χ3n) is 3.22. The van der Waals surface area contributed by atoms with Crippen LogP contribution in [0.3, 0.4) is 0 Å². The van der Waals surface area contributed by atoms with Crippen LogP contribution in [0, 0.1) is 0 Å². The number of fused-ring (bicyclic) bond motifs is 1. The van der Waals surface area contributed by atoms with Crippen LogP contribution in [0.15, 0.2) is 54.6 Å². The van der Waals surface area contributed by atoms with Crippen molar-refractivity contribution in [3.05, 3.63) is 54.6 Å². The van der Waals surface area contributed by atoms with E-state index in [-0.39, 0.29) is 11.7 Å². The molecule has 3 rings (SSSR count). The van der Waals surface area contributed by atoms with Gasteiger partial charge < -0.3 is 9.84 Å². The molecule has 2 aromatic carbocycles. The highest BCUT2D eigenvalue weighted by molar-refractivity contribution is 5.96. The first-order valence-corrected chi connectivity index (χ1v) is 7.18. The van der Waals surface area contributed by atoms with Crippen molar-refractivity contribution in [3.8, 4) is 5.88 Å². The Balaban J connectivity index is 2.22. The zero-order chi connectivity index (χ0) is 16.2. The summed E-state index contributed by atoms with van der Waals surface area (Å²) >= 11 is 0. The number of aromatic nitrogens is 2. The van der Waals surface area contributed by atoms with Gasteiger partial charge in [-0.1, -0.05) is 30.3 Å². The fraction of sp³-hybridized carbons (Fsp3) is 0.118. The lowest BCUT2D eigenvalue weighted by Gasteiger charge is -2.20. The van der Waals surface area contributed by atoms with Crippen LogP contribution in [0.4, 0.5) is 16.3 Å². The SMILES string of the molecule is CCOc1nc2ccccc2nc1N(C(=O)O)c1ccccc1. The molecule has 1 amide bonds. The zero-order valence-corrected chi connectivity index (χ0v) is 12.5. The molecule has 0 saturated heterocycles. The molecular formula is C17H15N3O3. The topological polar surface area (TPSA) is 75.6 Å². The number of rotatable bonds is 4. The Morgan fingerprint density at radius 2 is 1.65 bits per heavy atom. The molecule has 0 atom stereocenters. The van der Waals surface area contributed by atoms with Gasteiger partial charge in [-0.2, -0.15) is 0 Å². The lowest BCUT2D eigenvalue weighted by Crippen LogP contribution is -2.25. The Morgan fingerprint density at radius 3 is 2.26 bits per heavy atom. The number of nitrogens with zero attached hydrogens (tertiary/aromatic N) is 3. The molecule has 116 valence electrons. The first kappa shape index (κ1) is 14.8. The molecule has 0 spiro atoms.